The van der Waals surface area contributed by atoms with Crippen LogP contribution in [0.2, 0.25) is 0 Å². The Balaban J connectivity index is 1.92. The van der Waals surface area contributed by atoms with E-state index >= 15 is 0 Å². The molecule has 1 amide bonds. The number of carbonyl (C=O) groups excluding carboxylic acids is 1. The number of nitrogens with zero attached hydrogens (tertiary/aromatic N) is 4. The molecule has 0 unspecified atom stereocenters. The van der Waals surface area contributed by atoms with Crippen LogP contribution in [0.4, 0.5) is 0 Å². The van der Waals surface area contributed by atoms with E-state index in [-0.39, 0.29) is 11.9 Å². The fraction of sp³-hybridized carbons (Fsp3) is 0.412. The van der Waals surface area contributed by atoms with Crippen LogP contribution < -0.4 is 5.32 Å². The Bertz CT molecular complexity index is 909. The fourth-order valence-electron chi connectivity index (χ4n) is 2.87. The maximum atomic E-state index is 12.8. The van der Waals surface area contributed by atoms with Crippen LogP contribution in [0.25, 0.3) is 11.1 Å². The molecule has 0 bridgehead atoms. The molecule has 0 radical (unpaired) electrons. The molecular weight excluding hydrogens is 306 g/mol. The van der Waals surface area contributed by atoms with Crippen molar-refractivity contribution in [3.8, 4) is 0 Å². The Labute approximate surface area is 140 Å². The SMILES string of the molecule is CCn1cc([C@@H](C)NC(=O)c2cc(C)nc3onc(C)c23)c(C)n1. The van der Waals surface area contributed by atoms with E-state index in [1.165, 1.54) is 0 Å². The lowest BCUT2D eigenvalue weighted by Crippen LogP contribution is -2.27. The third-order valence-corrected chi connectivity index (χ3v) is 4.11. The molecular formula is C17H21N5O2. The van der Waals surface area contributed by atoms with Gasteiger partial charge in [-0.15, -0.1) is 0 Å². The molecule has 0 fully saturated rings. The van der Waals surface area contributed by atoms with Gasteiger partial charge in [0.1, 0.15) is 0 Å². The second kappa shape index (κ2) is 6.07. The van der Waals surface area contributed by atoms with Gasteiger partial charge in [-0.3, -0.25) is 9.48 Å². The van der Waals surface area contributed by atoms with Gasteiger partial charge in [0.25, 0.3) is 11.6 Å². The molecule has 24 heavy (non-hydrogen) atoms. The third-order valence-electron chi connectivity index (χ3n) is 4.11. The molecule has 0 saturated carbocycles. The molecule has 3 rings (SSSR count). The van der Waals surface area contributed by atoms with E-state index in [0.717, 1.165) is 17.8 Å². The van der Waals surface area contributed by atoms with Crippen LogP contribution in [0.15, 0.2) is 16.8 Å². The first-order valence-electron chi connectivity index (χ1n) is 7.99. The summed E-state index contributed by atoms with van der Waals surface area (Å²) in [5.41, 5.74) is 4.22. The molecule has 3 heterocycles. The zero-order valence-corrected chi connectivity index (χ0v) is 14.5. The number of fused-ring (bicyclic) bond motifs is 1. The highest BCUT2D eigenvalue weighted by Crippen LogP contribution is 2.23. The average molecular weight is 327 g/mol. The Hall–Kier alpha value is -2.70. The van der Waals surface area contributed by atoms with Gasteiger partial charge in [-0.25, -0.2) is 4.98 Å². The number of hydrogen-bond acceptors (Lipinski definition) is 5. The van der Waals surface area contributed by atoms with Crippen molar-refractivity contribution in [2.24, 2.45) is 0 Å². The van der Waals surface area contributed by atoms with Crippen LogP contribution >= 0.6 is 0 Å². The molecule has 0 saturated heterocycles. The number of hydrogen-bond donors (Lipinski definition) is 1. The van der Waals surface area contributed by atoms with Crippen LogP contribution in [-0.4, -0.2) is 25.8 Å². The predicted molar refractivity (Wildman–Crippen MR) is 89.8 cm³/mol. The first-order chi connectivity index (χ1) is 11.4. The van der Waals surface area contributed by atoms with Gasteiger partial charge >= 0.3 is 0 Å². The fourth-order valence-corrected chi connectivity index (χ4v) is 2.87. The summed E-state index contributed by atoms with van der Waals surface area (Å²) >= 11 is 0. The second-order valence-corrected chi connectivity index (χ2v) is 5.98. The molecule has 1 N–H and O–H groups in total. The summed E-state index contributed by atoms with van der Waals surface area (Å²) in [6, 6.07) is 1.61. The van der Waals surface area contributed by atoms with Crippen molar-refractivity contribution in [1.82, 2.24) is 25.2 Å². The minimum Gasteiger partial charge on any atom is -0.345 e. The zero-order chi connectivity index (χ0) is 17.4. The van der Waals surface area contributed by atoms with Gasteiger partial charge in [0.05, 0.1) is 28.4 Å². The molecule has 0 aromatic carbocycles. The van der Waals surface area contributed by atoms with Crippen LogP contribution in [0.5, 0.6) is 0 Å². The first-order valence-corrected chi connectivity index (χ1v) is 7.99. The highest BCUT2D eigenvalue weighted by molar-refractivity contribution is 6.06. The van der Waals surface area contributed by atoms with E-state index in [4.69, 9.17) is 4.52 Å². The van der Waals surface area contributed by atoms with Gasteiger partial charge in [-0.05, 0) is 40.7 Å². The number of aryl methyl sites for hydroxylation is 4. The molecule has 0 aliphatic carbocycles. The number of amides is 1. The monoisotopic (exact) mass is 327 g/mol. The van der Waals surface area contributed by atoms with Crippen LogP contribution in [0, 0.1) is 20.8 Å². The maximum Gasteiger partial charge on any atom is 0.258 e. The predicted octanol–water partition coefficient (Wildman–Crippen LogP) is 2.86. The van der Waals surface area contributed by atoms with E-state index in [0.29, 0.717) is 28.1 Å². The van der Waals surface area contributed by atoms with Gasteiger partial charge in [-0.2, -0.15) is 5.10 Å². The Morgan fingerprint density at radius 3 is 2.75 bits per heavy atom. The standard InChI is InChI=1S/C17H21N5O2/c1-6-22-8-14(11(4)20-22)10(3)19-16(23)13-7-9(2)18-17-15(13)12(5)21-24-17/h7-8,10H,6H2,1-5H3,(H,19,23)/t10-/m1/s1. The van der Waals surface area contributed by atoms with Crippen molar-refractivity contribution in [1.29, 1.82) is 0 Å². The molecule has 7 heteroatoms. The highest BCUT2D eigenvalue weighted by Gasteiger charge is 2.21. The van der Waals surface area contributed by atoms with E-state index in [9.17, 15) is 4.79 Å². The van der Waals surface area contributed by atoms with Gasteiger partial charge in [-0.1, -0.05) is 5.16 Å². The maximum absolute atomic E-state index is 12.8. The molecule has 0 aliphatic heterocycles. The minimum absolute atomic E-state index is 0.151. The smallest absolute Gasteiger partial charge is 0.258 e. The van der Waals surface area contributed by atoms with Crippen molar-refractivity contribution in [3.63, 3.8) is 0 Å². The van der Waals surface area contributed by atoms with E-state index < -0.39 is 0 Å². The first kappa shape index (κ1) is 16.2. The van der Waals surface area contributed by atoms with Crippen LogP contribution in [0.3, 0.4) is 0 Å². The number of carbonyl (C=O) groups is 1. The largest absolute Gasteiger partial charge is 0.345 e. The van der Waals surface area contributed by atoms with Gasteiger partial charge < -0.3 is 9.84 Å². The molecule has 7 nitrogen and oxygen atoms in total. The Morgan fingerprint density at radius 1 is 1.33 bits per heavy atom. The van der Waals surface area contributed by atoms with Gasteiger partial charge in [0.15, 0.2) is 0 Å². The summed E-state index contributed by atoms with van der Waals surface area (Å²) in [5, 5.41) is 12.0. The van der Waals surface area contributed by atoms with Crippen LogP contribution in [-0.2, 0) is 6.54 Å². The number of pyridine rings is 1. The molecule has 3 aromatic heterocycles. The van der Waals surface area contributed by atoms with E-state index in [1.54, 1.807) is 13.0 Å². The summed E-state index contributed by atoms with van der Waals surface area (Å²) < 4.78 is 7.06. The average Bonchev–Trinajstić information content (AvgIpc) is 3.09. The molecule has 126 valence electrons. The Kier molecular flexibility index (Phi) is 4.09. The highest BCUT2D eigenvalue weighted by atomic mass is 16.5. The number of rotatable bonds is 4. The van der Waals surface area contributed by atoms with Crippen molar-refractivity contribution in [3.05, 3.63) is 40.5 Å². The van der Waals surface area contributed by atoms with Crippen molar-refractivity contribution in [2.45, 2.75) is 47.2 Å². The molecule has 3 aromatic rings. The summed E-state index contributed by atoms with van der Waals surface area (Å²) in [4.78, 5) is 17.1. The lowest BCUT2D eigenvalue weighted by atomic mass is 10.1. The summed E-state index contributed by atoms with van der Waals surface area (Å²) in [5.74, 6) is -0.173. The van der Waals surface area contributed by atoms with E-state index in [2.05, 4.69) is 20.6 Å². The number of aromatic nitrogens is 4. The van der Waals surface area contributed by atoms with Gasteiger partial charge in [0, 0.05) is 24.0 Å². The van der Waals surface area contributed by atoms with Gasteiger partial charge in [0.2, 0.25) is 0 Å². The summed E-state index contributed by atoms with van der Waals surface area (Å²) in [6.07, 6.45) is 1.97. The Morgan fingerprint density at radius 2 is 2.08 bits per heavy atom. The normalized spacial score (nSPS) is 12.5. The molecule has 0 spiro atoms. The lowest BCUT2D eigenvalue weighted by Gasteiger charge is -2.14. The quantitative estimate of drug-likeness (QED) is 0.796. The topological polar surface area (TPSA) is 85.8 Å². The third kappa shape index (κ3) is 2.77. The summed E-state index contributed by atoms with van der Waals surface area (Å²) in [7, 11) is 0. The van der Waals surface area contributed by atoms with Crippen LogP contribution in [0.1, 0.15) is 52.9 Å². The van der Waals surface area contributed by atoms with Crippen molar-refractivity contribution < 1.29 is 9.32 Å². The molecule has 1 atom stereocenters. The minimum atomic E-state index is -0.173. The molecule has 0 aliphatic rings. The van der Waals surface area contributed by atoms with Crippen molar-refractivity contribution in [2.75, 3.05) is 0 Å². The zero-order valence-electron chi connectivity index (χ0n) is 14.5. The number of nitrogens with one attached hydrogen (secondary N) is 1. The second-order valence-electron chi connectivity index (χ2n) is 5.98. The summed E-state index contributed by atoms with van der Waals surface area (Å²) in [6.45, 7) is 10.4. The van der Waals surface area contributed by atoms with E-state index in [1.807, 2.05) is 38.6 Å². The van der Waals surface area contributed by atoms with Crippen molar-refractivity contribution >= 4 is 17.0 Å². The lowest BCUT2D eigenvalue weighted by molar-refractivity contribution is 0.0941.